The van der Waals surface area contributed by atoms with Crippen LogP contribution in [-0.4, -0.2) is 11.2 Å². The minimum atomic E-state index is -3.55. The average molecular weight is 437 g/mol. The van der Waals surface area contributed by atoms with Gasteiger partial charge in [0, 0.05) is 16.2 Å². The number of ketones is 1. The summed E-state index contributed by atoms with van der Waals surface area (Å²) in [6.07, 6.45) is 0. The second-order valence-electron chi connectivity index (χ2n) is 7.68. The fourth-order valence-corrected chi connectivity index (χ4v) is 6.21. The van der Waals surface area contributed by atoms with Crippen LogP contribution in [0.1, 0.15) is 21.5 Å². The Kier molecular flexibility index (Phi) is 6.30. The van der Waals surface area contributed by atoms with Gasteiger partial charge in [0.1, 0.15) is 0 Å². The van der Waals surface area contributed by atoms with E-state index in [4.69, 9.17) is 4.99 Å². The fourth-order valence-electron chi connectivity index (χ4n) is 3.57. The predicted octanol–water partition coefficient (Wildman–Crippen LogP) is 6.23. The Morgan fingerprint density at radius 2 is 1.16 bits per heavy atom. The lowest BCUT2D eigenvalue weighted by atomic mass is 10.1. The maximum atomic E-state index is 14.9. The Bertz CT molecular complexity index is 1270. The van der Waals surface area contributed by atoms with E-state index in [1.165, 1.54) is 0 Å². The number of benzene rings is 4. The highest BCUT2D eigenvalue weighted by atomic mass is 31.2. The van der Waals surface area contributed by atoms with Crippen molar-refractivity contribution >= 4 is 34.7 Å². The molecule has 0 fully saturated rings. The minimum absolute atomic E-state index is 0.0596. The molecule has 0 saturated heterocycles. The summed E-state index contributed by atoms with van der Waals surface area (Å²) >= 11 is 0. The van der Waals surface area contributed by atoms with E-state index in [1.54, 1.807) is 24.3 Å². The fraction of sp³-hybridized carbons (Fsp3) is 0.0714. The summed E-state index contributed by atoms with van der Waals surface area (Å²) in [6.45, 7) is 4.03. The van der Waals surface area contributed by atoms with Crippen LogP contribution in [0.4, 0.5) is 5.69 Å². The van der Waals surface area contributed by atoms with Crippen LogP contribution in [0.3, 0.4) is 0 Å². The highest BCUT2D eigenvalue weighted by molar-refractivity contribution is 7.95. The Labute approximate surface area is 188 Å². The molecule has 0 spiro atoms. The second kappa shape index (κ2) is 9.30. The summed E-state index contributed by atoms with van der Waals surface area (Å²) < 4.78 is 14.9. The zero-order valence-corrected chi connectivity index (χ0v) is 19.0. The zero-order valence-electron chi connectivity index (χ0n) is 18.1. The van der Waals surface area contributed by atoms with E-state index < -0.39 is 7.14 Å². The van der Waals surface area contributed by atoms with E-state index in [9.17, 15) is 9.36 Å². The number of carbonyl (C=O) groups excluding carboxylic acids is 1. The van der Waals surface area contributed by atoms with Crippen LogP contribution in [-0.2, 0) is 4.57 Å². The minimum Gasteiger partial charge on any atom is -0.307 e. The van der Waals surface area contributed by atoms with Crippen LogP contribution < -0.4 is 10.6 Å². The van der Waals surface area contributed by atoms with Crippen LogP contribution in [0.15, 0.2) is 114 Å². The van der Waals surface area contributed by atoms with Crippen molar-refractivity contribution in [2.45, 2.75) is 13.8 Å². The highest BCUT2D eigenvalue weighted by Gasteiger charge is 2.38. The standard InChI is InChI=1S/C28H24NO2P/c1-21-18-19-24(20-22(21)2)29-28(27(30)23-12-6-3-7-13-23)32(31,25-14-8-4-9-15-25)26-16-10-5-11-17-26/h3-20H,1-2H3. The summed E-state index contributed by atoms with van der Waals surface area (Å²) in [7, 11) is -3.55. The molecule has 0 bridgehead atoms. The first-order valence-electron chi connectivity index (χ1n) is 10.5. The SMILES string of the molecule is Cc1ccc(N=C(C(=O)c2ccccc2)P(=O)(c2ccccc2)c2ccccc2)cc1C. The second-order valence-corrected chi connectivity index (χ2v) is 10.4. The molecule has 0 aromatic heterocycles. The quantitative estimate of drug-likeness (QED) is 0.204. The Hall–Kier alpha value is -3.55. The molecule has 4 aromatic carbocycles. The van der Waals surface area contributed by atoms with Gasteiger partial charge in [-0.3, -0.25) is 4.79 Å². The van der Waals surface area contributed by atoms with Gasteiger partial charge < -0.3 is 4.57 Å². The smallest absolute Gasteiger partial charge is 0.215 e. The first kappa shape index (κ1) is 21.7. The van der Waals surface area contributed by atoms with Gasteiger partial charge in [0.05, 0.1) is 5.69 Å². The summed E-state index contributed by atoms with van der Waals surface area (Å²) in [6, 6.07) is 33.0. The summed E-state index contributed by atoms with van der Waals surface area (Å²) in [4.78, 5) is 18.6. The monoisotopic (exact) mass is 437 g/mol. The molecule has 4 rings (SSSR count). The molecular formula is C28H24NO2P. The maximum Gasteiger partial charge on any atom is 0.215 e. The third kappa shape index (κ3) is 4.26. The molecule has 0 aliphatic carbocycles. The van der Waals surface area contributed by atoms with Crippen LogP contribution in [0.25, 0.3) is 0 Å². The van der Waals surface area contributed by atoms with E-state index in [2.05, 4.69) is 0 Å². The third-order valence-electron chi connectivity index (χ3n) is 5.50. The number of carbonyl (C=O) groups is 1. The number of aliphatic imine (C=N–C) groups is 1. The van der Waals surface area contributed by atoms with E-state index in [-0.39, 0.29) is 11.2 Å². The van der Waals surface area contributed by atoms with Crippen molar-refractivity contribution in [2.75, 3.05) is 0 Å². The molecular weight excluding hydrogens is 413 g/mol. The number of Topliss-reactive ketones (excluding diaryl/α,β-unsaturated/α-hetero) is 1. The number of nitrogens with zero attached hydrogens (tertiary/aromatic N) is 1. The van der Waals surface area contributed by atoms with Crippen molar-refractivity contribution in [1.82, 2.24) is 0 Å². The molecule has 0 amide bonds. The molecule has 0 saturated carbocycles. The van der Waals surface area contributed by atoms with Crippen LogP contribution in [0.5, 0.6) is 0 Å². The lowest BCUT2D eigenvalue weighted by molar-refractivity contribution is 0.106. The highest BCUT2D eigenvalue weighted by Crippen LogP contribution is 2.47. The van der Waals surface area contributed by atoms with Gasteiger partial charge in [-0.15, -0.1) is 0 Å². The van der Waals surface area contributed by atoms with Gasteiger partial charge in [0.2, 0.25) is 5.78 Å². The van der Waals surface area contributed by atoms with Crippen molar-refractivity contribution in [1.29, 1.82) is 0 Å². The van der Waals surface area contributed by atoms with Crippen LogP contribution in [0, 0.1) is 13.8 Å². The Balaban J connectivity index is 2.02. The topological polar surface area (TPSA) is 46.5 Å². The molecule has 4 aromatic rings. The zero-order chi connectivity index (χ0) is 22.6. The van der Waals surface area contributed by atoms with Crippen molar-refractivity contribution in [2.24, 2.45) is 4.99 Å². The van der Waals surface area contributed by atoms with Gasteiger partial charge in [0.15, 0.2) is 12.6 Å². The molecule has 32 heavy (non-hydrogen) atoms. The molecule has 4 heteroatoms. The molecule has 3 nitrogen and oxygen atoms in total. The van der Waals surface area contributed by atoms with E-state index in [0.29, 0.717) is 21.9 Å². The number of aryl methyl sites for hydroxylation is 2. The average Bonchev–Trinajstić information content (AvgIpc) is 2.85. The van der Waals surface area contributed by atoms with Crippen molar-refractivity contribution in [3.63, 3.8) is 0 Å². The van der Waals surface area contributed by atoms with E-state index in [0.717, 1.165) is 11.1 Å². The molecule has 0 atom stereocenters. The number of rotatable bonds is 6. The first-order valence-corrected chi connectivity index (χ1v) is 12.2. The molecule has 0 N–H and O–H groups in total. The van der Waals surface area contributed by atoms with Crippen LogP contribution in [0.2, 0.25) is 0 Å². The van der Waals surface area contributed by atoms with E-state index in [1.807, 2.05) is 98.8 Å². The van der Waals surface area contributed by atoms with Crippen molar-refractivity contribution in [3.05, 3.63) is 126 Å². The molecule has 0 unspecified atom stereocenters. The lowest BCUT2D eigenvalue weighted by Gasteiger charge is -2.21. The lowest BCUT2D eigenvalue weighted by Crippen LogP contribution is -2.28. The Morgan fingerprint density at radius 1 is 0.656 bits per heavy atom. The first-order chi connectivity index (χ1) is 15.5. The van der Waals surface area contributed by atoms with Crippen molar-refractivity contribution in [3.8, 4) is 0 Å². The maximum absolute atomic E-state index is 14.9. The molecule has 158 valence electrons. The largest absolute Gasteiger partial charge is 0.307 e. The predicted molar refractivity (Wildman–Crippen MR) is 134 cm³/mol. The molecule has 0 heterocycles. The number of hydrogen-bond acceptors (Lipinski definition) is 3. The normalized spacial score (nSPS) is 11.9. The summed E-state index contributed by atoms with van der Waals surface area (Å²) in [5.41, 5.74) is 3.33. The third-order valence-corrected chi connectivity index (χ3v) is 8.45. The van der Waals surface area contributed by atoms with Gasteiger partial charge in [0.25, 0.3) is 0 Å². The molecule has 0 aliphatic heterocycles. The summed E-state index contributed by atoms with van der Waals surface area (Å²) in [5.74, 6) is -0.333. The van der Waals surface area contributed by atoms with Gasteiger partial charge >= 0.3 is 0 Å². The van der Waals surface area contributed by atoms with Gasteiger partial charge in [-0.05, 0) is 37.1 Å². The number of hydrogen-bond donors (Lipinski definition) is 0. The Morgan fingerprint density at radius 3 is 1.66 bits per heavy atom. The van der Waals surface area contributed by atoms with Gasteiger partial charge in [-0.2, -0.15) is 0 Å². The summed E-state index contributed by atoms with van der Waals surface area (Å²) in [5, 5.41) is 1.16. The van der Waals surface area contributed by atoms with Crippen molar-refractivity contribution < 1.29 is 9.36 Å². The molecule has 0 radical (unpaired) electrons. The van der Waals surface area contributed by atoms with Gasteiger partial charge in [-0.1, -0.05) is 97.1 Å². The molecule has 0 aliphatic rings. The van der Waals surface area contributed by atoms with E-state index >= 15 is 0 Å². The van der Waals surface area contributed by atoms with Gasteiger partial charge in [-0.25, -0.2) is 4.99 Å². The van der Waals surface area contributed by atoms with Crippen LogP contribution >= 0.6 is 7.14 Å².